The highest BCUT2D eigenvalue weighted by atomic mass is 16.5. The lowest BCUT2D eigenvalue weighted by Crippen LogP contribution is -2.39. The number of morpholine rings is 2. The van der Waals surface area contributed by atoms with Crippen molar-refractivity contribution in [1.82, 2.24) is 43.9 Å². The van der Waals surface area contributed by atoms with Crippen molar-refractivity contribution < 1.29 is 24.2 Å². The number of fused-ring (bicyclic) bond motifs is 10. The Morgan fingerprint density at radius 3 is 1.52 bits per heavy atom. The number of aromatic nitrogens is 6. The highest BCUT2D eigenvalue weighted by Gasteiger charge is 2.20. The highest BCUT2D eigenvalue weighted by Crippen LogP contribution is 2.28. The summed E-state index contributed by atoms with van der Waals surface area (Å²) in [5.41, 5.74) is 11.1. The second-order valence-electron chi connectivity index (χ2n) is 14.5. The van der Waals surface area contributed by atoms with E-state index < -0.39 is 5.97 Å². The van der Waals surface area contributed by atoms with E-state index in [0.29, 0.717) is 22.5 Å². The van der Waals surface area contributed by atoms with Crippen LogP contribution in [0.25, 0.3) is 55.4 Å². The zero-order valence-corrected chi connectivity index (χ0v) is 34.3. The minimum Gasteiger partial charge on any atom is -0.478 e. The van der Waals surface area contributed by atoms with Crippen LogP contribution >= 0.6 is 0 Å². The summed E-state index contributed by atoms with van der Waals surface area (Å²) in [6.07, 6.45) is 0. The molecule has 6 N–H and O–H groups in total. The molecule has 0 aliphatic carbocycles. The van der Waals surface area contributed by atoms with Crippen LogP contribution in [0.15, 0.2) is 84.9 Å². The topological polar surface area (TPSA) is 202 Å². The van der Waals surface area contributed by atoms with E-state index >= 15 is 0 Å². The molecule has 17 nitrogen and oxygen atoms in total. The number of rotatable bonds is 10. The van der Waals surface area contributed by atoms with Gasteiger partial charge in [-0.05, 0) is 67.7 Å². The monoisotopic (exact) mass is 826 g/mol. The molecule has 1 amide bonds. The van der Waals surface area contributed by atoms with E-state index in [1.54, 1.807) is 13.1 Å². The van der Waals surface area contributed by atoms with Gasteiger partial charge in [0.25, 0.3) is 5.91 Å². The first-order valence-electron chi connectivity index (χ1n) is 20.5. The van der Waals surface area contributed by atoms with Gasteiger partial charge in [0, 0.05) is 70.2 Å². The number of ether oxygens (including phenoxy) is 2. The summed E-state index contributed by atoms with van der Waals surface area (Å²) >= 11 is 0. The first kappa shape index (κ1) is 41.2. The number of para-hydroxylation sites is 4. The van der Waals surface area contributed by atoms with Crippen LogP contribution in [0.1, 0.15) is 20.7 Å². The molecule has 17 heteroatoms. The van der Waals surface area contributed by atoms with Crippen molar-refractivity contribution in [2.45, 2.75) is 0 Å². The minimum atomic E-state index is -1.00. The Kier molecular flexibility index (Phi) is 12.7. The normalized spacial score (nSPS) is 14.8. The van der Waals surface area contributed by atoms with Crippen LogP contribution in [0, 0.1) is 0 Å². The second kappa shape index (κ2) is 18.8. The summed E-state index contributed by atoms with van der Waals surface area (Å²) in [4.78, 5) is 47.9. The average molecular weight is 827 g/mol. The van der Waals surface area contributed by atoms with Gasteiger partial charge in [-0.25, -0.2) is 24.7 Å². The third kappa shape index (κ3) is 8.73. The van der Waals surface area contributed by atoms with E-state index in [1.807, 2.05) is 87.7 Å². The molecule has 6 aromatic heterocycles. The van der Waals surface area contributed by atoms with E-state index in [-0.39, 0.29) is 11.5 Å². The molecule has 0 spiro atoms. The standard InChI is InChI=1S/C22H24N6O2.C21H21N5O3.CH5N/c1-23-22(29)16-14-15-6-7-19(24-8-9-27-10-12-30-13-11-27)26-20(15)28-18-5-3-2-4-17(18)25-21(16)28;27-21(28)15-13-14-5-6-18(22-7-8-25-9-11-29-12-10-25)24-19(14)26-17-4-2-1-3-16(17)23-20(15)26;1-2/h2-7,14H,8-13H2,1H3,(H,23,29)(H,24,26);1-6,13H,7-12H2,(H,22,24)(H,27,28);2H2,1H3. The molecule has 2 aliphatic rings. The van der Waals surface area contributed by atoms with Crippen LogP contribution in [0.4, 0.5) is 11.6 Å². The van der Waals surface area contributed by atoms with Gasteiger partial charge in [0.05, 0.1) is 54.1 Å². The van der Waals surface area contributed by atoms with Gasteiger partial charge in [-0.2, -0.15) is 0 Å². The van der Waals surface area contributed by atoms with Crippen LogP contribution in [-0.4, -0.2) is 148 Å². The molecule has 10 rings (SSSR count). The summed E-state index contributed by atoms with van der Waals surface area (Å²) < 4.78 is 14.6. The third-order valence-electron chi connectivity index (χ3n) is 10.8. The van der Waals surface area contributed by atoms with Crippen LogP contribution in [0.3, 0.4) is 0 Å². The van der Waals surface area contributed by atoms with Crippen molar-refractivity contribution in [2.75, 3.05) is 104 Å². The SMILES string of the molecule is CN.CNC(=O)c1cc2ccc(NCCN3CCOCC3)nc2n2c1nc1ccccc12.O=C(O)c1cc2ccc(NCCN3CCOCC3)nc2n2c1nc1ccccc12. The van der Waals surface area contributed by atoms with Crippen molar-refractivity contribution in [2.24, 2.45) is 5.73 Å². The zero-order chi connectivity index (χ0) is 42.3. The van der Waals surface area contributed by atoms with Gasteiger partial charge in [-0.15, -0.1) is 0 Å². The number of amides is 1. The van der Waals surface area contributed by atoms with E-state index in [2.05, 4.69) is 36.5 Å². The molecule has 0 unspecified atom stereocenters. The Bertz CT molecular complexity index is 2830. The quantitative estimate of drug-likeness (QED) is 0.131. The maximum atomic E-state index is 12.5. The smallest absolute Gasteiger partial charge is 0.339 e. The fourth-order valence-electron chi connectivity index (χ4n) is 7.77. The molecule has 61 heavy (non-hydrogen) atoms. The lowest BCUT2D eigenvalue weighted by atomic mass is 10.2. The molecule has 2 fully saturated rings. The van der Waals surface area contributed by atoms with E-state index in [9.17, 15) is 14.7 Å². The molecule has 8 heterocycles. The number of imidazole rings is 2. The zero-order valence-electron chi connectivity index (χ0n) is 34.3. The first-order chi connectivity index (χ1) is 29.9. The van der Waals surface area contributed by atoms with Crippen LogP contribution < -0.4 is 21.7 Å². The lowest BCUT2D eigenvalue weighted by molar-refractivity contribution is 0.0398. The maximum absolute atomic E-state index is 12.5. The number of aromatic carboxylic acids is 1. The number of benzene rings is 2. The summed E-state index contributed by atoms with van der Waals surface area (Å²) in [6.45, 7) is 10.5. The molecule has 316 valence electrons. The van der Waals surface area contributed by atoms with E-state index in [0.717, 1.165) is 129 Å². The molecule has 0 radical (unpaired) electrons. The van der Waals surface area contributed by atoms with Crippen molar-refractivity contribution >= 4 is 78.9 Å². The lowest BCUT2D eigenvalue weighted by Gasteiger charge is -2.26. The molecule has 2 aromatic carbocycles. The number of nitrogens with zero attached hydrogens (tertiary/aromatic N) is 8. The van der Waals surface area contributed by atoms with Crippen LogP contribution in [0.2, 0.25) is 0 Å². The number of carbonyl (C=O) groups excluding carboxylic acids is 1. The molecule has 0 saturated carbocycles. The predicted molar refractivity (Wildman–Crippen MR) is 238 cm³/mol. The summed E-state index contributed by atoms with van der Waals surface area (Å²) in [6, 6.07) is 26.7. The van der Waals surface area contributed by atoms with Gasteiger partial charge >= 0.3 is 5.97 Å². The van der Waals surface area contributed by atoms with Gasteiger partial charge in [-0.1, -0.05) is 24.3 Å². The number of carboxylic acids is 1. The van der Waals surface area contributed by atoms with Crippen LogP contribution in [0.5, 0.6) is 0 Å². The van der Waals surface area contributed by atoms with Gasteiger partial charge in [0.15, 0.2) is 11.3 Å². The Balaban J connectivity index is 0.000000162. The number of anilines is 2. The second-order valence-corrected chi connectivity index (χ2v) is 14.5. The molecule has 8 aromatic rings. The van der Waals surface area contributed by atoms with Crippen LogP contribution in [-0.2, 0) is 9.47 Å². The van der Waals surface area contributed by atoms with Gasteiger partial charge in [0.1, 0.15) is 28.5 Å². The van der Waals surface area contributed by atoms with E-state index in [1.165, 1.54) is 7.05 Å². The average Bonchev–Trinajstić information content (AvgIpc) is 3.90. The number of carboxylic acid groups (broad SMARTS) is 1. The van der Waals surface area contributed by atoms with Crippen molar-refractivity contribution in [3.63, 3.8) is 0 Å². The molecule has 0 bridgehead atoms. The molecular formula is C44H50N12O5. The Labute approximate surface area is 351 Å². The molecular weight excluding hydrogens is 777 g/mol. The summed E-state index contributed by atoms with van der Waals surface area (Å²) in [5.74, 6) is 0.403. The van der Waals surface area contributed by atoms with Crippen molar-refractivity contribution in [3.05, 3.63) is 96.1 Å². The fourth-order valence-corrected chi connectivity index (χ4v) is 7.77. The van der Waals surface area contributed by atoms with Gasteiger partial charge < -0.3 is 36.3 Å². The Morgan fingerprint density at radius 1 is 0.623 bits per heavy atom. The maximum Gasteiger partial charge on any atom is 0.339 e. The number of nitrogens with two attached hydrogens (primary N) is 1. The fraction of sp³-hybridized carbons (Fsp3) is 0.318. The summed E-state index contributed by atoms with van der Waals surface area (Å²) in [5, 5.41) is 20.8. The van der Waals surface area contributed by atoms with Crippen molar-refractivity contribution in [1.29, 1.82) is 0 Å². The molecule has 2 saturated heterocycles. The number of hydrogen-bond acceptors (Lipinski definition) is 13. The minimum absolute atomic E-state index is 0.162. The molecule has 2 aliphatic heterocycles. The Morgan fingerprint density at radius 2 is 1.07 bits per heavy atom. The Hall–Kier alpha value is -6.50. The van der Waals surface area contributed by atoms with Gasteiger partial charge in [0.2, 0.25) is 0 Å². The number of pyridine rings is 4. The number of hydrogen-bond donors (Lipinski definition) is 5. The first-order valence-corrected chi connectivity index (χ1v) is 20.5. The van der Waals surface area contributed by atoms with Gasteiger partial charge in [-0.3, -0.25) is 23.4 Å². The number of nitrogens with one attached hydrogen (secondary N) is 3. The molecule has 0 atom stereocenters. The predicted octanol–water partition coefficient (Wildman–Crippen LogP) is 4.19. The number of carbonyl (C=O) groups is 2. The van der Waals surface area contributed by atoms with Crippen molar-refractivity contribution in [3.8, 4) is 0 Å². The highest BCUT2D eigenvalue weighted by molar-refractivity contribution is 6.06. The largest absolute Gasteiger partial charge is 0.478 e. The van der Waals surface area contributed by atoms with E-state index in [4.69, 9.17) is 24.4 Å². The summed E-state index contributed by atoms with van der Waals surface area (Å²) in [7, 11) is 3.13. The third-order valence-corrected chi connectivity index (χ3v) is 10.8.